The predicted octanol–water partition coefficient (Wildman–Crippen LogP) is 0.544. The SMILES string of the molecule is O=C(O)[C@H](O)CNc1ccccc1. The molecular weight excluding hydrogens is 170 g/mol. The van der Waals surface area contributed by atoms with E-state index in [2.05, 4.69) is 5.32 Å². The summed E-state index contributed by atoms with van der Waals surface area (Å²) < 4.78 is 0. The molecule has 3 N–H and O–H groups in total. The molecule has 0 fully saturated rings. The maximum atomic E-state index is 10.2. The molecule has 1 aromatic carbocycles. The van der Waals surface area contributed by atoms with Gasteiger partial charge in [-0.2, -0.15) is 0 Å². The highest BCUT2D eigenvalue weighted by molar-refractivity contribution is 5.72. The van der Waals surface area contributed by atoms with Crippen molar-refractivity contribution >= 4 is 11.7 Å². The summed E-state index contributed by atoms with van der Waals surface area (Å²) in [7, 11) is 0. The molecule has 0 aliphatic rings. The quantitative estimate of drug-likeness (QED) is 0.634. The molecule has 1 rings (SSSR count). The summed E-state index contributed by atoms with van der Waals surface area (Å²) >= 11 is 0. The van der Waals surface area contributed by atoms with E-state index in [9.17, 15) is 4.79 Å². The van der Waals surface area contributed by atoms with Crippen LogP contribution >= 0.6 is 0 Å². The summed E-state index contributed by atoms with van der Waals surface area (Å²) in [5.74, 6) is -1.22. The molecule has 0 saturated heterocycles. The van der Waals surface area contributed by atoms with Gasteiger partial charge in [-0.05, 0) is 12.1 Å². The number of aliphatic hydroxyl groups is 1. The summed E-state index contributed by atoms with van der Waals surface area (Å²) in [6.07, 6.45) is -1.36. The van der Waals surface area contributed by atoms with Crippen molar-refractivity contribution in [1.29, 1.82) is 0 Å². The van der Waals surface area contributed by atoms with E-state index in [-0.39, 0.29) is 6.54 Å². The van der Waals surface area contributed by atoms with E-state index in [0.29, 0.717) is 0 Å². The second-order valence-corrected chi connectivity index (χ2v) is 2.60. The Morgan fingerprint density at radius 2 is 2.00 bits per heavy atom. The van der Waals surface area contributed by atoms with Crippen LogP contribution in [0, 0.1) is 0 Å². The standard InChI is InChI=1S/C9H11NO3/c11-8(9(12)13)6-10-7-4-2-1-3-5-7/h1-5,8,10-11H,6H2,(H,12,13)/t8-/m1/s1. The molecule has 0 saturated carbocycles. The van der Waals surface area contributed by atoms with Crippen molar-refractivity contribution in [2.45, 2.75) is 6.10 Å². The summed E-state index contributed by atoms with van der Waals surface area (Å²) in [4.78, 5) is 10.2. The van der Waals surface area contributed by atoms with E-state index in [0.717, 1.165) is 5.69 Å². The molecule has 0 amide bonds. The fraction of sp³-hybridized carbons (Fsp3) is 0.222. The molecule has 0 spiro atoms. The highest BCUT2D eigenvalue weighted by Gasteiger charge is 2.11. The van der Waals surface area contributed by atoms with Crippen LogP contribution in [0.4, 0.5) is 5.69 Å². The van der Waals surface area contributed by atoms with Gasteiger partial charge in [-0.15, -0.1) is 0 Å². The summed E-state index contributed by atoms with van der Waals surface area (Å²) in [6.45, 7) is 0.0132. The number of carboxylic acids is 1. The summed E-state index contributed by atoms with van der Waals surface area (Å²) in [5, 5.41) is 20.1. The van der Waals surface area contributed by atoms with Crippen LogP contribution < -0.4 is 5.32 Å². The second kappa shape index (κ2) is 4.47. The van der Waals surface area contributed by atoms with Gasteiger partial charge in [-0.3, -0.25) is 0 Å². The summed E-state index contributed by atoms with van der Waals surface area (Å²) in [5.41, 5.74) is 0.794. The van der Waals surface area contributed by atoms with Gasteiger partial charge in [0, 0.05) is 5.69 Å². The van der Waals surface area contributed by atoms with Crippen LogP contribution in [0.2, 0.25) is 0 Å². The van der Waals surface area contributed by atoms with E-state index in [1.807, 2.05) is 18.2 Å². The number of aliphatic hydroxyl groups excluding tert-OH is 1. The fourth-order valence-corrected chi connectivity index (χ4v) is 0.858. The Balaban J connectivity index is 2.39. The molecule has 0 aliphatic heterocycles. The van der Waals surface area contributed by atoms with Crippen molar-refractivity contribution in [2.24, 2.45) is 0 Å². The Hall–Kier alpha value is -1.55. The van der Waals surface area contributed by atoms with Gasteiger partial charge < -0.3 is 15.5 Å². The first kappa shape index (κ1) is 9.54. The Kier molecular flexibility index (Phi) is 3.28. The lowest BCUT2D eigenvalue weighted by Crippen LogP contribution is -2.28. The molecule has 0 bridgehead atoms. The highest BCUT2D eigenvalue weighted by atomic mass is 16.4. The van der Waals surface area contributed by atoms with Crippen molar-refractivity contribution in [1.82, 2.24) is 0 Å². The smallest absolute Gasteiger partial charge is 0.334 e. The number of aliphatic carboxylic acids is 1. The lowest BCUT2D eigenvalue weighted by molar-refractivity contribution is -0.145. The van der Waals surface area contributed by atoms with Crippen LogP contribution in [0.25, 0.3) is 0 Å². The van der Waals surface area contributed by atoms with Gasteiger partial charge in [0.1, 0.15) is 0 Å². The Morgan fingerprint density at radius 1 is 1.38 bits per heavy atom. The van der Waals surface area contributed by atoms with Crippen LogP contribution in [0.3, 0.4) is 0 Å². The molecule has 0 heterocycles. The van der Waals surface area contributed by atoms with E-state index in [1.54, 1.807) is 12.1 Å². The number of anilines is 1. The highest BCUT2D eigenvalue weighted by Crippen LogP contribution is 2.04. The number of rotatable bonds is 4. The number of nitrogens with one attached hydrogen (secondary N) is 1. The minimum absolute atomic E-state index is 0.0132. The minimum atomic E-state index is -1.36. The van der Waals surface area contributed by atoms with E-state index in [1.165, 1.54) is 0 Å². The maximum Gasteiger partial charge on any atom is 0.334 e. The zero-order chi connectivity index (χ0) is 9.68. The molecule has 0 aromatic heterocycles. The van der Waals surface area contributed by atoms with Gasteiger partial charge in [-0.1, -0.05) is 18.2 Å². The number of hydrogen-bond acceptors (Lipinski definition) is 3. The van der Waals surface area contributed by atoms with Gasteiger partial charge in [0.15, 0.2) is 6.10 Å². The number of hydrogen-bond donors (Lipinski definition) is 3. The van der Waals surface area contributed by atoms with Crippen LogP contribution in [0.1, 0.15) is 0 Å². The molecule has 13 heavy (non-hydrogen) atoms. The molecular formula is C9H11NO3. The van der Waals surface area contributed by atoms with Crippen LogP contribution in [0.15, 0.2) is 30.3 Å². The topological polar surface area (TPSA) is 69.6 Å². The van der Waals surface area contributed by atoms with Gasteiger partial charge in [0.05, 0.1) is 6.54 Å². The number of carboxylic acid groups (broad SMARTS) is 1. The number of carbonyl (C=O) groups is 1. The number of para-hydroxylation sites is 1. The molecule has 4 nitrogen and oxygen atoms in total. The van der Waals surface area contributed by atoms with Crippen molar-refractivity contribution in [3.05, 3.63) is 30.3 Å². The Morgan fingerprint density at radius 3 is 2.54 bits per heavy atom. The Labute approximate surface area is 75.8 Å². The zero-order valence-corrected chi connectivity index (χ0v) is 6.97. The van der Waals surface area contributed by atoms with Gasteiger partial charge in [0.25, 0.3) is 0 Å². The average Bonchev–Trinajstić information content (AvgIpc) is 2.15. The molecule has 0 radical (unpaired) electrons. The lowest BCUT2D eigenvalue weighted by Gasteiger charge is -2.08. The van der Waals surface area contributed by atoms with Gasteiger partial charge >= 0.3 is 5.97 Å². The number of benzene rings is 1. The van der Waals surface area contributed by atoms with Crippen LogP contribution in [-0.4, -0.2) is 28.8 Å². The first-order valence-corrected chi connectivity index (χ1v) is 3.90. The first-order valence-electron chi connectivity index (χ1n) is 3.90. The molecule has 4 heteroatoms. The third kappa shape index (κ3) is 3.13. The Bertz CT molecular complexity index is 273. The van der Waals surface area contributed by atoms with Gasteiger partial charge in [-0.25, -0.2) is 4.79 Å². The molecule has 0 aliphatic carbocycles. The fourth-order valence-electron chi connectivity index (χ4n) is 0.858. The third-order valence-corrected chi connectivity index (χ3v) is 1.56. The molecule has 1 atom stereocenters. The van der Waals surface area contributed by atoms with Crippen molar-refractivity contribution in [3.63, 3.8) is 0 Å². The monoisotopic (exact) mass is 181 g/mol. The molecule has 70 valence electrons. The first-order chi connectivity index (χ1) is 6.20. The van der Waals surface area contributed by atoms with Crippen molar-refractivity contribution < 1.29 is 15.0 Å². The minimum Gasteiger partial charge on any atom is -0.479 e. The summed E-state index contributed by atoms with van der Waals surface area (Å²) in [6, 6.07) is 9.12. The van der Waals surface area contributed by atoms with Crippen molar-refractivity contribution in [2.75, 3.05) is 11.9 Å². The van der Waals surface area contributed by atoms with E-state index < -0.39 is 12.1 Å². The lowest BCUT2D eigenvalue weighted by atomic mass is 10.3. The average molecular weight is 181 g/mol. The molecule has 0 unspecified atom stereocenters. The largest absolute Gasteiger partial charge is 0.479 e. The van der Waals surface area contributed by atoms with Crippen LogP contribution in [0.5, 0.6) is 0 Å². The second-order valence-electron chi connectivity index (χ2n) is 2.60. The van der Waals surface area contributed by atoms with E-state index in [4.69, 9.17) is 10.2 Å². The zero-order valence-electron chi connectivity index (χ0n) is 6.97. The normalized spacial score (nSPS) is 12.1. The van der Waals surface area contributed by atoms with Crippen molar-refractivity contribution in [3.8, 4) is 0 Å². The van der Waals surface area contributed by atoms with E-state index >= 15 is 0 Å². The maximum absolute atomic E-state index is 10.2. The third-order valence-electron chi connectivity index (χ3n) is 1.56. The van der Waals surface area contributed by atoms with Gasteiger partial charge in [0.2, 0.25) is 0 Å². The van der Waals surface area contributed by atoms with Crippen LogP contribution in [-0.2, 0) is 4.79 Å². The predicted molar refractivity (Wildman–Crippen MR) is 48.6 cm³/mol. The molecule has 1 aromatic rings.